The Morgan fingerprint density at radius 3 is 2.85 bits per heavy atom. The average molecular weight is 277 g/mol. The lowest BCUT2D eigenvalue weighted by Gasteiger charge is -2.18. The lowest BCUT2D eigenvalue weighted by molar-refractivity contribution is 0.173. The number of aliphatic imine (C=N–C) groups is 2. The number of nitrogens with two attached hydrogens (primary N) is 2. The van der Waals surface area contributed by atoms with Crippen molar-refractivity contribution in [1.82, 2.24) is 4.90 Å². The van der Waals surface area contributed by atoms with Gasteiger partial charge in [-0.15, -0.1) is 0 Å². The molecule has 0 aliphatic carbocycles. The summed E-state index contributed by atoms with van der Waals surface area (Å²) in [7, 11) is 3.53. The first-order chi connectivity index (χ1) is 9.61. The third kappa shape index (κ3) is 3.11. The number of ether oxygens (including phenoxy) is 2. The molecule has 7 nitrogen and oxygen atoms in total. The zero-order chi connectivity index (χ0) is 14.5. The van der Waals surface area contributed by atoms with Gasteiger partial charge >= 0.3 is 0 Å². The van der Waals surface area contributed by atoms with E-state index in [0.717, 1.165) is 23.5 Å². The maximum Gasteiger partial charge on any atom is 0.231 e. The van der Waals surface area contributed by atoms with Gasteiger partial charge < -0.3 is 25.8 Å². The minimum absolute atomic E-state index is 0.00483. The maximum atomic E-state index is 5.47. The normalized spacial score (nSPS) is 13.2. The number of para-hydroxylation sites is 1. The van der Waals surface area contributed by atoms with E-state index in [9.17, 15) is 0 Å². The van der Waals surface area contributed by atoms with Crippen molar-refractivity contribution < 1.29 is 9.47 Å². The molecule has 1 aromatic rings. The highest BCUT2D eigenvalue weighted by molar-refractivity contribution is 5.93. The molecule has 0 bridgehead atoms. The molecule has 4 N–H and O–H groups in total. The zero-order valence-corrected chi connectivity index (χ0v) is 11.7. The molecule has 0 spiro atoms. The zero-order valence-electron chi connectivity index (χ0n) is 11.7. The summed E-state index contributed by atoms with van der Waals surface area (Å²) in [5.41, 5.74) is 11.8. The molecule has 0 unspecified atom stereocenters. The van der Waals surface area contributed by atoms with Gasteiger partial charge in [0.15, 0.2) is 17.5 Å². The molecule has 20 heavy (non-hydrogen) atoms. The highest BCUT2D eigenvalue weighted by Crippen LogP contribution is 2.35. The van der Waals surface area contributed by atoms with E-state index in [-0.39, 0.29) is 12.8 Å². The SMILES string of the molecule is CN=C(N=C(N)N)N(C)CCc1cccc2c1OCO2. The monoisotopic (exact) mass is 277 g/mol. The second-order valence-electron chi connectivity index (χ2n) is 4.38. The molecule has 1 aromatic carbocycles. The van der Waals surface area contributed by atoms with Gasteiger partial charge in [0.1, 0.15) is 0 Å². The van der Waals surface area contributed by atoms with Crippen LogP contribution in [0.15, 0.2) is 28.2 Å². The van der Waals surface area contributed by atoms with E-state index in [1.165, 1.54) is 0 Å². The largest absolute Gasteiger partial charge is 0.454 e. The van der Waals surface area contributed by atoms with E-state index in [1.807, 2.05) is 30.1 Å². The Morgan fingerprint density at radius 1 is 1.35 bits per heavy atom. The molecule has 0 fully saturated rings. The smallest absolute Gasteiger partial charge is 0.231 e. The standard InChI is InChI=1S/C13H19N5O2/c1-16-13(17-12(14)15)18(2)7-6-9-4-3-5-10-11(9)20-8-19-10/h3-5H,6-8H2,1-2H3,(H4,14,15,16,17). The van der Waals surface area contributed by atoms with Crippen LogP contribution in [0.3, 0.4) is 0 Å². The summed E-state index contributed by atoms with van der Waals surface area (Å²) in [4.78, 5) is 9.91. The van der Waals surface area contributed by atoms with Gasteiger partial charge in [-0.1, -0.05) is 12.1 Å². The Balaban J connectivity index is 2.02. The van der Waals surface area contributed by atoms with Crippen molar-refractivity contribution in [2.75, 3.05) is 27.4 Å². The maximum absolute atomic E-state index is 5.47. The van der Waals surface area contributed by atoms with Gasteiger partial charge in [0, 0.05) is 20.6 Å². The number of likely N-dealkylation sites (N-methyl/N-ethyl adjacent to an activating group) is 1. The Hall–Kier alpha value is -2.44. The molecule has 108 valence electrons. The van der Waals surface area contributed by atoms with Crippen molar-refractivity contribution in [2.45, 2.75) is 6.42 Å². The third-order valence-corrected chi connectivity index (χ3v) is 2.97. The van der Waals surface area contributed by atoms with Crippen LogP contribution >= 0.6 is 0 Å². The molecule has 2 rings (SSSR count). The quantitative estimate of drug-likeness (QED) is 0.605. The number of benzene rings is 1. The molecule has 0 radical (unpaired) electrons. The Labute approximate surface area is 117 Å². The number of hydrogen-bond donors (Lipinski definition) is 2. The van der Waals surface area contributed by atoms with Crippen molar-refractivity contribution >= 4 is 11.9 Å². The summed E-state index contributed by atoms with van der Waals surface area (Å²) in [6.45, 7) is 0.987. The average Bonchev–Trinajstić information content (AvgIpc) is 2.90. The molecule has 1 aliphatic heterocycles. The number of rotatable bonds is 3. The Bertz CT molecular complexity index is 538. The van der Waals surface area contributed by atoms with Crippen LogP contribution in [0.1, 0.15) is 5.56 Å². The molecule has 0 saturated heterocycles. The fraction of sp³-hybridized carbons (Fsp3) is 0.385. The van der Waals surface area contributed by atoms with Crippen molar-refractivity contribution in [1.29, 1.82) is 0 Å². The molecular formula is C13H19N5O2. The predicted molar refractivity (Wildman–Crippen MR) is 78.1 cm³/mol. The summed E-state index contributed by atoms with van der Waals surface area (Å²) in [6.07, 6.45) is 0.780. The van der Waals surface area contributed by atoms with Crippen molar-refractivity contribution in [3.8, 4) is 11.5 Å². The van der Waals surface area contributed by atoms with E-state index in [4.69, 9.17) is 20.9 Å². The molecule has 0 atom stereocenters. The lowest BCUT2D eigenvalue weighted by Crippen LogP contribution is -2.32. The van der Waals surface area contributed by atoms with E-state index in [2.05, 4.69) is 9.98 Å². The fourth-order valence-electron chi connectivity index (χ4n) is 2.00. The number of nitrogens with zero attached hydrogens (tertiary/aromatic N) is 3. The van der Waals surface area contributed by atoms with Crippen LogP contribution in [0.5, 0.6) is 11.5 Å². The van der Waals surface area contributed by atoms with E-state index < -0.39 is 0 Å². The first-order valence-electron chi connectivity index (χ1n) is 6.27. The third-order valence-electron chi connectivity index (χ3n) is 2.97. The van der Waals surface area contributed by atoms with Crippen molar-refractivity contribution in [3.05, 3.63) is 23.8 Å². The highest BCUT2D eigenvalue weighted by Gasteiger charge is 2.17. The van der Waals surface area contributed by atoms with Crippen LogP contribution in [-0.2, 0) is 6.42 Å². The fourth-order valence-corrected chi connectivity index (χ4v) is 2.00. The topological polar surface area (TPSA) is 98.5 Å². The Morgan fingerprint density at radius 2 is 2.15 bits per heavy atom. The molecular weight excluding hydrogens is 258 g/mol. The summed E-state index contributed by atoms with van der Waals surface area (Å²) in [5.74, 6) is 2.10. The van der Waals surface area contributed by atoms with Gasteiger partial charge in [-0.25, -0.2) is 0 Å². The molecule has 7 heteroatoms. The second-order valence-corrected chi connectivity index (χ2v) is 4.38. The van der Waals surface area contributed by atoms with Crippen LogP contribution in [0, 0.1) is 0 Å². The summed E-state index contributed by atoms with van der Waals surface area (Å²) in [5, 5.41) is 0. The predicted octanol–water partition coefficient (Wildman–Crippen LogP) is 0.149. The molecule has 1 heterocycles. The van der Waals surface area contributed by atoms with E-state index in [0.29, 0.717) is 12.5 Å². The first-order valence-corrected chi connectivity index (χ1v) is 6.27. The molecule has 0 amide bonds. The van der Waals surface area contributed by atoms with Crippen molar-refractivity contribution in [2.24, 2.45) is 21.5 Å². The summed E-state index contributed by atoms with van der Waals surface area (Å²) >= 11 is 0. The number of fused-ring (bicyclic) bond motifs is 1. The molecule has 0 aromatic heterocycles. The van der Waals surface area contributed by atoms with Gasteiger partial charge in [0.2, 0.25) is 12.8 Å². The van der Waals surface area contributed by atoms with Crippen LogP contribution in [0.4, 0.5) is 0 Å². The number of guanidine groups is 2. The van der Waals surface area contributed by atoms with Gasteiger partial charge in [-0.2, -0.15) is 4.99 Å². The van der Waals surface area contributed by atoms with Gasteiger partial charge in [0.05, 0.1) is 0 Å². The van der Waals surface area contributed by atoms with Crippen LogP contribution in [-0.4, -0.2) is 44.3 Å². The van der Waals surface area contributed by atoms with Gasteiger partial charge in [-0.05, 0) is 18.1 Å². The van der Waals surface area contributed by atoms with Crippen LogP contribution in [0.2, 0.25) is 0 Å². The highest BCUT2D eigenvalue weighted by atomic mass is 16.7. The first kappa shape index (κ1) is 14.0. The Kier molecular flexibility index (Phi) is 4.29. The van der Waals surface area contributed by atoms with Gasteiger partial charge in [0.25, 0.3) is 0 Å². The van der Waals surface area contributed by atoms with Crippen LogP contribution in [0.25, 0.3) is 0 Å². The van der Waals surface area contributed by atoms with Gasteiger partial charge in [-0.3, -0.25) is 4.99 Å². The van der Waals surface area contributed by atoms with E-state index in [1.54, 1.807) is 7.05 Å². The van der Waals surface area contributed by atoms with Crippen LogP contribution < -0.4 is 20.9 Å². The molecule has 1 aliphatic rings. The molecule has 0 saturated carbocycles. The summed E-state index contributed by atoms with van der Waals surface area (Å²) in [6, 6.07) is 5.87. The minimum atomic E-state index is -0.00483. The number of hydrogen-bond acceptors (Lipinski definition) is 3. The second kappa shape index (κ2) is 6.14. The minimum Gasteiger partial charge on any atom is -0.454 e. The van der Waals surface area contributed by atoms with E-state index >= 15 is 0 Å². The summed E-state index contributed by atoms with van der Waals surface area (Å²) < 4.78 is 10.8. The lowest BCUT2D eigenvalue weighted by atomic mass is 10.1. The van der Waals surface area contributed by atoms with Crippen molar-refractivity contribution in [3.63, 3.8) is 0 Å².